The van der Waals surface area contributed by atoms with Gasteiger partial charge in [-0.3, -0.25) is 0 Å². The third-order valence-corrected chi connectivity index (χ3v) is 5.28. The van der Waals surface area contributed by atoms with Crippen molar-refractivity contribution in [2.45, 2.75) is 11.4 Å². The molecule has 0 saturated heterocycles. The second-order valence-corrected chi connectivity index (χ2v) is 6.75. The predicted molar refractivity (Wildman–Crippen MR) is 88.1 cm³/mol. The first-order chi connectivity index (χ1) is 10.3. The molecule has 3 aromatic rings. The Morgan fingerprint density at radius 1 is 1.14 bits per heavy atom. The lowest BCUT2D eigenvalue weighted by molar-refractivity contribution is 0.405. The molecule has 0 aliphatic carbocycles. The van der Waals surface area contributed by atoms with Gasteiger partial charge in [0.15, 0.2) is 0 Å². The number of rotatable bonds is 5. The largest absolute Gasteiger partial charge is 0.495 e. The molecule has 1 heterocycles. The number of nitrogens with one attached hydrogen (secondary N) is 1. The Kier molecular flexibility index (Phi) is 4.34. The molecule has 0 unspecified atom stereocenters. The Morgan fingerprint density at radius 3 is 2.76 bits per heavy atom. The second kappa shape index (κ2) is 6.39. The van der Waals surface area contributed by atoms with Crippen LogP contribution in [-0.4, -0.2) is 11.3 Å². The molecular formula is C16H15NO2S2. The van der Waals surface area contributed by atoms with Gasteiger partial charge in [-0.25, -0.2) is 8.93 Å². The summed E-state index contributed by atoms with van der Waals surface area (Å²) in [5.74, 6) is 0.644. The van der Waals surface area contributed by atoms with Gasteiger partial charge in [-0.15, -0.1) is 11.3 Å². The number of thiophene rings is 1. The molecule has 1 N–H and O–H groups in total. The lowest BCUT2D eigenvalue weighted by atomic mass is 10.1. The molecule has 0 spiro atoms. The van der Waals surface area contributed by atoms with Crippen LogP contribution in [-0.2, 0) is 17.5 Å². The van der Waals surface area contributed by atoms with Gasteiger partial charge in [0.2, 0.25) is 0 Å². The van der Waals surface area contributed by atoms with Crippen molar-refractivity contribution in [2.75, 3.05) is 7.11 Å². The maximum atomic E-state index is 12.7. The highest BCUT2D eigenvalue weighted by Crippen LogP contribution is 2.30. The maximum absolute atomic E-state index is 12.7. The molecule has 2 aromatic carbocycles. The van der Waals surface area contributed by atoms with Gasteiger partial charge < -0.3 is 4.74 Å². The number of methoxy groups -OCH3 is 1. The number of hydrogen-bond donors (Lipinski definition) is 1. The first-order valence-corrected chi connectivity index (χ1v) is 8.56. The molecule has 0 aliphatic rings. The van der Waals surface area contributed by atoms with Crippen molar-refractivity contribution in [3.8, 4) is 5.75 Å². The first kappa shape index (κ1) is 14.3. The minimum Gasteiger partial charge on any atom is -0.495 e. The molecule has 0 amide bonds. The van der Waals surface area contributed by atoms with Crippen molar-refractivity contribution in [1.29, 1.82) is 0 Å². The van der Waals surface area contributed by atoms with Crippen LogP contribution in [0.3, 0.4) is 0 Å². The third kappa shape index (κ3) is 3.00. The van der Waals surface area contributed by atoms with Gasteiger partial charge in [0, 0.05) is 16.8 Å². The SMILES string of the molecule is COc1ccc2ccccc2c1[S@](=O)NCc1cccs1. The van der Waals surface area contributed by atoms with E-state index in [9.17, 15) is 4.21 Å². The summed E-state index contributed by atoms with van der Waals surface area (Å²) in [6.07, 6.45) is 0. The monoisotopic (exact) mass is 317 g/mol. The normalized spacial score (nSPS) is 12.4. The molecule has 1 atom stereocenters. The smallest absolute Gasteiger partial charge is 0.137 e. The summed E-state index contributed by atoms with van der Waals surface area (Å²) in [6.45, 7) is 0.580. The molecule has 3 nitrogen and oxygen atoms in total. The van der Waals surface area contributed by atoms with Crippen LogP contribution in [0.4, 0.5) is 0 Å². The molecular weight excluding hydrogens is 302 g/mol. The molecule has 5 heteroatoms. The highest BCUT2D eigenvalue weighted by molar-refractivity contribution is 7.83. The summed E-state index contributed by atoms with van der Waals surface area (Å²) in [7, 11) is 0.279. The van der Waals surface area contributed by atoms with E-state index in [1.54, 1.807) is 18.4 Å². The lowest BCUT2D eigenvalue weighted by Gasteiger charge is -2.12. The summed E-state index contributed by atoms with van der Waals surface area (Å²) in [4.78, 5) is 1.86. The molecule has 3 rings (SSSR count). The van der Waals surface area contributed by atoms with E-state index in [4.69, 9.17) is 4.74 Å². The Bertz CT molecular complexity index is 769. The zero-order valence-electron chi connectivity index (χ0n) is 11.5. The predicted octanol–water partition coefficient (Wildman–Crippen LogP) is 3.72. The van der Waals surface area contributed by atoms with E-state index >= 15 is 0 Å². The van der Waals surface area contributed by atoms with Crippen LogP contribution >= 0.6 is 11.3 Å². The number of ether oxygens (including phenoxy) is 1. The average molecular weight is 317 g/mol. The quantitative estimate of drug-likeness (QED) is 0.779. The van der Waals surface area contributed by atoms with Gasteiger partial charge in [0.1, 0.15) is 21.6 Å². The van der Waals surface area contributed by atoms with E-state index in [1.807, 2.05) is 53.9 Å². The fraction of sp³-hybridized carbons (Fsp3) is 0.125. The second-order valence-electron chi connectivity index (χ2n) is 4.49. The summed E-state index contributed by atoms with van der Waals surface area (Å²) in [6, 6.07) is 15.8. The average Bonchev–Trinajstić information content (AvgIpc) is 3.04. The molecule has 0 bridgehead atoms. The van der Waals surface area contributed by atoms with Crippen molar-refractivity contribution in [3.63, 3.8) is 0 Å². The van der Waals surface area contributed by atoms with E-state index in [0.717, 1.165) is 15.6 Å². The molecule has 108 valence electrons. The summed E-state index contributed by atoms with van der Waals surface area (Å²) in [5, 5.41) is 4.02. The van der Waals surface area contributed by atoms with E-state index in [1.165, 1.54) is 0 Å². The zero-order valence-corrected chi connectivity index (χ0v) is 13.2. The molecule has 0 saturated carbocycles. The van der Waals surface area contributed by atoms with Gasteiger partial charge in [-0.1, -0.05) is 36.4 Å². The van der Waals surface area contributed by atoms with Crippen molar-refractivity contribution in [3.05, 3.63) is 58.8 Å². The zero-order chi connectivity index (χ0) is 14.7. The fourth-order valence-corrected chi connectivity index (χ4v) is 4.08. The lowest BCUT2D eigenvalue weighted by Crippen LogP contribution is -2.17. The van der Waals surface area contributed by atoms with E-state index in [-0.39, 0.29) is 0 Å². The van der Waals surface area contributed by atoms with Crippen LogP contribution in [0.5, 0.6) is 5.75 Å². The fourth-order valence-electron chi connectivity index (χ4n) is 2.20. The molecule has 0 fully saturated rings. The van der Waals surface area contributed by atoms with Crippen LogP contribution in [0.2, 0.25) is 0 Å². The van der Waals surface area contributed by atoms with Crippen LogP contribution in [0, 0.1) is 0 Å². The topological polar surface area (TPSA) is 38.3 Å². The minimum absolute atomic E-state index is 0.580. The Morgan fingerprint density at radius 2 is 2.00 bits per heavy atom. The first-order valence-electron chi connectivity index (χ1n) is 6.53. The van der Waals surface area contributed by atoms with Gasteiger partial charge in [0.25, 0.3) is 0 Å². The van der Waals surface area contributed by atoms with Crippen LogP contribution < -0.4 is 9.46 Å². The summed E-state index contributed by atoms with van der Waals surface area (Å²) < 4.78 is 21.1. The molecule has 0 aliphatic heterocycles. The summed E-state index contributed by atoms with van der Waals surface area (Å²) in [5.41, 5.74) is 0. The Balaban J connectivity index is 1.95. The van der Waals surface area contributed by atoms with Crippen LogP contribution in [0.1, 0.15) is 4.88 Å². The molecule has 21 heavy (non-hydrogen) atoms. The van der Waals surface area contributed by atoms with Crippen LogP contribution in [0.25, 0.3) is 10.8 Å². The number of fused-ring (bicyclic) bond motifs is 1. The van der Waals surface area contributed by atoms with Crippen LogP contribution in [0.15, 0.2) is 58.8 Å². The number of benzene rings is 2. The maximum Gasteiger partial charge on any atom is 0.137 e. The molecule has 1 aromatic heterocycles. The minimum atomic E-state index is -1.32. The highest BCUT2D eigenvalue weighted by Gasteiger charge is 2.14. The van der Waals surface area contributed by atoms with Gasteiger partial charge in [-0.05, 0) is 22.9 Å². The van der Waals surface area contributed by atoms with Gasteiger partial charge in [-0.2, -0.15) is 0 Å². The van der Waals surface area contributed by atoms with Crippen molar-refractivity contribution >= 4 is 33.1 Å². The molecule has 0 radical (unpaired) electrons. The third-order valence-electron chi connectivity index (χ3n) is 3.21. The van der Waals surface area contributed by atoms with E-state index in [0.29, 0.717) is 17.2 Å². The summed E-state index contributed by atoms with van der Waals surface area (Å²) >= 11 is 1.65. The van der Waals surface area contributed by atoms with Gasteiger partial charge in [0.05, 0.1) is 7.11 Å². The Hall–Kier alpha value is -1.69. The van der Waals surface area contributed by atoms with E-state index < -0.39 is 11.0 Å². The van der Waals surface area contributed by atoms with Gasteiger partial charge >= 0.3 is 0 Å². The van der Waals surface area contributed by atoms with Crippen molar-refractivity contribution in [2.24, 2.45) is 0 Å². The Labute approximate surface area is 130 Å². The standard InChI is InChI=1S/C16H15NO2S2/c1-19-15-9-8-12-5-2-3-7-14(12)16(15)21(18)17-11-13-6-4-10-20-13/h2-10,17H,11H2,1H3/t21-/m0/s1. The van der Waals surface area contributed by atoms with E-state index in [2.05, 4.69) is 4.72 Å². The van der Waals surface area contributed by atoms with Crippen molar-refractivity contribution < 1.29 is 8.95 Å². The number of hydrogen-bond acceptors (Lipinski definition) is 3. The van der Waals surface area contributed by atoms with Crippen molar-refractivity contribution in [1.82, 2.24) is 4.72 Å². The highest BCUT2D eigenvalue weighted by atomic mass is 32.2.